The summed E-state index contributed by atoms with van der Waals surface area (Å²) in [5.74, 6) is 0.902. The Hall–Kier alpha value is -2.38. The summed E-state index contributed by atoms with van der Waals surface area (Å²) >= 11 is 0. The van der Waals surface area contributed by atoms with Crippen LogP contribution in [0.1, 0.15) is 25.3 Å². The number of nitrogens with one attached hydrogen (secondary N) is 1. The highest BCUT2D eigenvalue weighted by atomic mass is 32.2. The number of amides is 1. The van der Waals surface area contributed by atoms with Crippen molar-refractivity contribution >= 4 is 21.6 Å². The largest absolute Gasteiger partial charge is 0.497 e. The third-order valence-electron chi connectivity index (χ3n) is 4.89. The molecule has 1 unspecified atom stereocenters. The maximum absolute atomic E-state index is 12.8. The molecule has 0 aliphatic carbocycles. The van der Waals surface area contributed by atoms with Crippen molar-refractivity contribution in [3.63, 3.8) is 0 Å². The number of piperidine rings is 1. The highest BCUT2D eigenvalue weighted by Crippen LogP contribution is 2.24. The normalized spacial score (nSPS) is 17.9. The van der Waals surface area contributed by atoms with Crippen LogP contribution in [-0.4, -0.2) is 38.8 Å². The summed E-state index contributed by atoms with van der Waals surface area (Å²) in [4.78, 5) is 12.5. The molecule has 1 N–H and O–H groups in total. The van der Waals surface area contributed by atoms with E-state index in [1.165, 1.54) is 0 Å². The number of ether oxygens (including phenoxy) is 1. The minimum atomic E-state index is -3.49. The first-order chi connectivity index (χ1) is 13.4. The number of hydrogen-bond donors (Lipinski definition) is 1. The first kappa shape index (κ1) is 20.4. The molecule has 2 aromatic carbocycles. The highest BCUT2D eigenvalue weighted by molar-refractivity contribution is 7.89. The molecule has 0 radical (unpaired) electrons. The number of carbonyl (C=O) groups excluding carboxylic acids is 1. The van der Waals surface area contributed by atoms with Gasteiger partial charge in [-0.05, 0) is 60.7 Å². The van der Waals surface area contributed by atoms with E-state index in [4.69, 9.17) is 4.74 Å². The van der Waals surface area contributed by atoms with Gasteiger partial charge in [-0.3, -0.25) is 4.79 Å². The van der Waals surface area contributed by atoms with E-state index < -0.39 is 10.0 Å². The van der Waals surface area contributed by atoms with Crippen LogP contribution in [0.5, 0.6) is 5.75 Å². The summed E-state index contributed by atoms with van der Waals surface area (Å²) in [6, 6.07) is 13.7. The summed E-state index contributed by atoms with van der Waals surface area (Å²) in [7, 11) is -1.91. The van der Waals surface area contributed by atoms with Crippen LogP contribution in [0.2, 0.25) is 0 Å². The van der Waals surface area contributed by atoms with Crippen molar-refractivity contribution in [3.8, 4) is 5.75 Å². The highest BCUT2D eigenvalue weighted by Gasteiger charge is 2.28. The minimum Gasteiger partial charge on any atom is -0.497 e. The number of methoxy groups -OCH3 is 1. The Labute approximate surface area is 166 Å². The predicted octanol–water partition coefficient (Wildman–Crippen LogP) is 3.30. The van der Waals surface area contributed by atoms with E-state index in [2.05, 4.69) is 12.2 Å². The first-order valence-corrected chi connectivity index (χ1v) is 10.9. The average molecular weight is 403 g/mol. The molecular formula is C21H26N2O4S. The van der Waals surface area contributed by atoms with Gasteiger partial charge in [0.15, 0.2) is 0 Å². The molecule has 0 bridgehead atoms. The van der Waals surface area contributed by atoms with Crippen molar-refractivity contribution < 1.29 is 17.9 Å². The van der Waals surface area contributed by atoms with E-state index >= 15 is 0 Å². The summed E-state index contributed by atoms with van der Waals surface area (Å²) in [6.45, 7) is 3.19. The van der Waals surface area contributed by atoms with Crippen LogP contribution in [0.4, 0.5) is 5.69 Å². The zero-order valence-corrected chi connectivity index (χ0v) is 17.0. The van der Waals surface area contributed by atoms with Crippen LogP contribution < -0.4 is 10.1 Å². The molecule has 1 aliphatic heterocycles. The second-order valence-electron chi connectivity index (χ2n) is 7.21. The van der Waals surface area contributed by atoms with Crippen molar-refractivity contribution in [1.82, 2.24) is 4.31 Å². The molecule has 1 fully saturated rings. The van der Waals surface area contributed by atoms with Gasteiger partial charge in [0.1, 0.15) is 5.75 Å². The van der Waals surface area contributed by atoms with Gasteiger partial charge in [0.2, 0.25) is 15.9 Å². The van der Waals surface area contributed by atoms with Gasteiger partial charge < -0.3 is 10.1 Å². The quantitative estimate of drug-likeness (QED) is 0.804. The van der Waals surface area contributed by atoms with Crippen molar-refractivity contribution in [2.24, 2.45) is 5.92 Å². The third-order valence-corrected chi connectivity index (χ3v) is 6.77. The molecule has 0 saturated carbocycles. The number of nitrogens with zero attached hydrogens (tertiary/aromatic N) is 1. The fourth-order valence-corrected chi connectivity index (χ4v) is 5.00. The van der Waals surface area contributed by atoms with E-state index in [0.29, 0.717) is 30.4 Å². The number of anilines is 1. The minimum absolute atomic E-state index is 0.172. The lowest BCUT2D eigenvalue weighted by Gasteiger charge is -2.30. The van der Waals surface area contributed by atoms with E-state index in [-0.39, 0.29) is 17.2 Å². The Balaban J connectivity index is 1.64. The van der Waals surface area contributed by atoms with Crippen molar-refractivity contribution in [3.05, 3.63) is 54.1 Å². The summed E-state index contributed by atoms with van der Waals surface area (Å²) < 4.78 is 32.3. The van der Waals surface area contributed by atoms with Gasteiger partial charge in [0, 0.05) is 18.8 Å². The fraction of sp³-hybridized carbons (Fsp3) is 0.381. The molecule has 7 heteroatoms. The molecule has 1 aliphatic rings. The lowest BCUT2D eigenvalue weighted by Crippen LogP contribution is -2.39. The van der Waals surface area contributed by atoms with Crippen LogP contribution in [-0.2, 0) is 21.2 Å². The Morgan fingerprint density at radius 2 is 1.96 bits per heavy atom. The number of rotatable bonds is 6. The molecule has 0 spiro atoms. The lowest BCUT2D eigenvalue weighted by molar-refractivity contribution is -0.115. The summed E-state index contributed by atoms with van der Waals surface area (Å²) in [5, 5.41) is 2.80. The van der Waals surface area contributed by atoms with Gasteiger partial charge in [-0.15, -0.1) is 0 Å². The molecule has 1 saturated heterocycles. The van der Waals surface area contributed by atoms with Gasteiger partial charge >= 0.3 is 0 Å². The summed E-state index contributed by atoms with van der Waals surface area (Å²) in [6.07, 6.45) is 2.16. The van der Waals surface area contributed by atoms with Gasteiger partial charge in [0.05, 0.1) is 18.4 Å². The van der Waals surface area contributed by atoms with E-state index in [1.54, 1.807) is 35.7 Å². The lowest BCUT2D eigenvalue weighted by atomic mass is 10.0. The van der Waals surface area contributed by atoms with Gasteiger partial charge in [-0.25, -0.2) is 8.42 Å². The SMILES string of the molecule is COc1cccc(CC(=O)Nc2ccc(S(=O)(=O)N3CCCC(C)C3)cc2)c1. The van der Waals surface area contributed by atoms with E-state index in [1.807, 2.05) is 24.3 Å². The molecule has 6 nitrogen and oxygen atoms in total. The standard InChI is InChI=1S/C21H26N2O4S/c1-16-5-4-12-23(15-16)28(25,26)20-10-8-18(9-11-20)22-21(24)14-17-6-3-7-19(13-17)27-2/h3,6-11,13,16H,4-5,12,14-15H2,1-2H3,(H,22,24). The number of carbonyl (C=O) groups is 1. The van der Waals surface area contributed by atoms with Crippen LogP contribution in [0.3, 0.4) is 0 Å². The van der Waals surface area contributed by atoms with E-state index in [9.17, 15) is 13.2 Å². The maximum Gasteiger partial charge on any atom is 0.243 e. The van der Waals surface area contributed by atoms with Crippen molar-refractivity contribution in [1.29, 1.82) is 0 Å². The smallest absolute Gasteiger partial charge is 0.243 e. The molecule has 150 valence electrons. The predicted molar refractivity (Wildman–Crippen MR) is 109 cm³/mol. The second kappa shape index (κ2) is 8.75. The van der Waals surface area contributed by atoms with Crippen LogP contribution in [0.15, 0.2) is 53.4 Å². The van der Waals surface area contributed by atoms with Crippen molar-refractivity contribution in [2.75, 3.05) is 25.5 Å². The Morgan fingerprint density at radius 1 is 1.21 bits per heavy atom. The topological polar surface area (TPSA) is 75.7 Å². The van der Waals surface area contributed by atoms with Crippen LogP contribution >= 0.6 is 0 Å². The molecule has 1 amide bonds. The molecule has 28 heavy (non-hydrogen) atoms. The number of sulfonamides is 1. The first-order valence-electron chi connectivity index (χ1n) is 9.41. The maximum atomic E-state index is 12.8. The number of hydrogen-bond acceptors (Lipinski definition) is 4. The van der Waals surface area contributed by atoms with Gasteiger partial charge in [-0.2, -0.15) is 4.31 Å². The van der Waals surface area contributed by atoms with Crippen molar-refractivity contribution in [2.45, 2.75) is 31.1 Å². The molecule has 0 aromatic heterocycles. The molecular weight excluding hydrogens is 376 g/mol. The zero-order chi connectivity index (χ0) is 20.1. The molecule has 1 heterocycles. The zero-order valence-electron chi connectivity index (χ0n) is 16.2. The van der Waals surface area contributed by atoms with Gasteiger partial charge in [0.25, 0.3) is 0 Å². The van der Waals surface area contributed by atoms with Crippen LogP contribution in [0, 0.1) is 5.92 Å². The van der Waals surface area contributed by atoms with Crippen LogP contribution in [0.25, 0.3) is 0 Å². The fourth-order valence-electron chi connectivity index (χ4n) is 3.40. The average Bonchev–Trinajstić information content (AvgIpc) is 2.68. The van der Waals surface area contributed by atoms with E-state index in [0.717, 1.165) is 18.4 Å². The Bertz CT molecular complexity index is 926. The van der Waals surface area contributed by atoms with Gasteiger partial charge in [-0.1, -0.05) is 19.1 Å². The summed E-state index contributed by atoms with van der Waals surface area (Å²) in [5.41, 5.74) is 1.41. The monoisotopic (exact) mass is 402 g/mol. The number of benzene rings is 2. The Morgan fingerprint density at radius 3 is 2.64 bits per heavy atom. The molecule has 3 rings (SSSR count). The molecule has 1 atom stereocenters. The third kappa shape index (κ3) is 4.91. The Kier molecular flexibility index (Phi) is 6.36. The second-order valence-corrected chi connectivity index (χ2v) is 9.15. The molecule has 2 aromatic rings.